The van der Waals surface area contributed by atoms with Crippen molar-refractivity contribution < 1.29 is 9.21 Å². The van der Waals surface area contributed by atoms with Gasteiger partial charge in [0.15, 0.2) is 11.4 Å². The zero-order valence-electron chi connectivity index (χ0n) is 17.3. The lowest BCUT2D eigenvalue weighted by molar-refractivity contribution is -0.126. The van der Waals surface area contributed by atoms with Crippen LogP contribution in [-0.4, -0.2) is 29.0 Å². The maximum Gasteiger partial charge on any atom is 0.225 e. The van der Waals surface area contributed by atoms with Gasteiger partial charge in [-0.15, -0.1) is 0 Å². The van der Waals surface area contributed by atoms with Gasteiger partial charge in [-0.05, 0) is 48.9 Å². The van der Waals surface area contributed by atoms with E-state index in [2.05, 4.69) is 44.5 Å². The summed E-state index contributed by atoms with van der Waals surface area (Å²) in [7, 11) is 0. The third-order valence-corrected chi connectivity index (χ3v) is 6.68. The topological polar surface area (TPSA) is 71.3 Å². The molecule has 3 heterocycles. The van der Waals surface area contributed by atoms with Crippen molar-refractivity contribution in [2.24, 2.45) is 5.92 Å². The number of amides is 1. The normalized spacial score (nSPS) is 20.8. The molecule has 1 N–H and O–H groups in total. The molecule has 1 aliphatic carbocycles. The molecule has 2 aromatic heterocycles. The average molecular weight is 412 g/mol. The summed E-state index contributed by atoms with van der Waals surface area (Å²) in [6.07, 6.45) is 5.45. The van der Waals surface area contributed by atoms with Crippen LogP contribution in [0.25, 0.3) is 22.1 Å². The Morgan fingerprint density at radius 1 is 1.06 bits per heavy atom. The number of furan rings is 1. The van der Waals surface area contributed by atoms with Crippen LogP contribution < -0.4 is 10.2 Å². The van der Waals surface area contributed by atoms with Crippen molar-refractivity contribution >= 4 is 33.8 Å². The highest BCUT2D eigenvalue weighted by Gasteiger charge is 2.31. The van der Waals surface area contributed by atoms with Crippen LogP contribution in [-0.2, 0) is 11.2 Å². The molecule has 6 nitrogen and oxygen atoms in total. The number of hydrogen-bond donors (Lipinski definition) is 1. The minimum absolute atomic E-state index is 0.0593. The Balaban J connectivity index is 1.24. The number of nitrogens with zero attached hydrogens (tertiary/aromatic N) is 3. The van der Waals surface area contributed by atoms with Crippen molar-refractivity contribution in [1.82, 2.24) is 15.3 Å². The summed E-state index contributed by atoms with van der Waals surface area (Å²) in [5, 5.41) is 4.31. The van der Waals surface area contributed by atoms with Crippen molar-refractivity contribution in [3.63, 3.8) is 0 Å². The lowest BCUT2D eigenvalue weighted by Gasteiger charge is -2.33. The van der Waals surface area contributed by atoms with Gasteiger partial charge in [0.05, 0.1) is 12.0 Å². The highest BCUT2D eigenvalue weighted by atomic mass is 16.3. The SMILES string of the molecule is O=C(N[C@H]1CCc2ccccc21)[C@H]1CCCN(c2ncnc3c2oc2ccccc23)C1. The summed E-state index contributed by atoms with van der Waals surface area (Å²) >= 11 is 0. The van der Waals surface area contributed by atoms with Crippen molar-refractivity contribution in [1.29, 1.82) is 0 Å². The standard InChI is InChI=1S/C25H24N4O2/c30-25(28-20-12-11-16-6-1-2-8-18(16)20)17-7-5-13-29(14-17)24-23-22(26-15-27-24)19-9-3-4-10-21(19)31-23/h1-4,6,8-10,15,17,20H,5,7,11-14H2,(H,28,30)/t17-,20-/m0/s1. The van der Waals surface area contributed by atoms with Crippen LogP contribution >= 0.6 is 0 Å². The third kappa shape index (κ3) is 3.14. The van der Waals surface area contributed by atoms with Crippen LogP contribution in [0, 0.1) is 5.92 Å². The largest absolute Gasteiger partial charge is 0.450 e. The Hall–Kier alpha value is -3.41. The molecule has 1 aliphatic heterocycles. The Kier molecular flexibility index (Phi) is 4.37. The second-order valence-electron chi connectivity index (χ2n) is 8.56. The summed E-state index contributed by atoms with van der Waals surface area (Å²) in [5.41, 5.74) is 4.96. The van der Waals surface area contributed by atoms with Crippen LogP contribution in [0.15, 0.2) is 59.3 Å². The first-order valence-corrected chi connectivity index (χ1v) is 11.0. The lowest BCUT2D eigenvalue weighted by atomic mass is 9.96. The quantitative estimate of drug-likeness (QED) is 0.540. The van der Waals surface area contributed by atoms with Crippen molar-refractivity contribution in [3.05, 3.63) is 66.0 Å². The number of anilines is 1. The molecule has 6 heteroatoms. The number of para-hydroxylation sites is 1. The summed E-state index contributed by atoms with van der Waals surface area (Å²) in [6.45, 7) is 1.50. The van der Waals surface area contributed by atoms with E-state index in [4.69, 9.17) is 4.42 Å². The van der Waals surface area contributed by atoms with E-state index < -0.39 is 0 Å². The van der Waals surface area contributed by atoms with Crippen molar-refractivity contribution in [2.45, 2.75) is 31.7 Å². The first-order valence-electron chi connectivity index (χ1n) is 11.0. The Bertz CT molecular complexity index is 1280. The van der Waals surface area contributed by atoms with Crippen LogP contribution in [0.3, 0.4) is 0 Å². The molecule has 0 spiro atoms. The number of hydrogen-bond acceptors (Lipinski definition) is 5. The number of carbonyl (C=O) groups excluding carboxylic acids is 1. The van der Waals surface area contributed by atoms with Gasteiger partial charge >= 0.3 is 0 Å². The molecule has 0 saturated carbocycles. The maximum absolute atomic E-state index is 13.2. The molecule has 1 fully saturated rings. The molecule has 2 aromatic carbocycles. The van der Waals surface area contributed by atoms with Crippen LogP contribution in [0.1, 0.15) is 36.4 Å². The van der Waals surface area contributed by atoms with E-state index in [1.54, 1.807) is 6.33 Å². The van der Waals surface area contributed by atoms with Gasteiger partial charge in [0.25, 0.3) is 0 Å². The van der Waals surface area contributed by atoms with E-state index in [9.17, 15) is 4.79 Å². The maximum atomic E-state index is 13.2. The van der Waals surface area contributed by atoms with Crippen LogP contribution in [0.2, 0.25) is 0 Å². The van der Waals surface area contributed by atoms with Crippen LogP contribution in [0.5, 0.6) is 0 Å². The smallest absolute Gasteiger partial charge is 0.225 e. The lowest BCUT2D eigenvalue weighted by Crippen LogP contribution is -2.44. The predicted molar refractivity (Wildman–Crippen MR) is 120 cm³/mol. The van der Waals surface area contributed by atoms with E-state index in [0.29, 0.717) is 12.1 Å². The van der Waals surface area contributed by atoms with E-state index in [1.807, 2.05) is 24.3 Å². The molecule has 156 valence electrons. The van der Waals surface area contributed by atoms with E-state index in [0.717, 1.165) is 54.5 Å². The molecule has 2 aliphatic rings. The highest BCUT2D eigenvalue weighted by molar-refractivity contribution is 6.05. The van der Waals surface area contributed by atoms with E-state index in [1.165, 1.54) is 11.1 Å². The molecule has 1 amide bonds. The number of carbonyl (C=O) groups is 1. The monoisotopic (exact) mass is 412 g/mol. The molecule has 31 heavy (non-hydrogen) atoms. The van der Waals surface area contributed by atoms with E-state index in [-0.39, 0.29) is 17.9 Å². The van der Waals surface area contributed by atoms with Gasteiger partial charge in [-0.25, -0.2) is 9.97 Å². The van der Waals surface area contributed by atoms with Gasteiger partial charge < -0.3 is 14.6 Å². The van der Waals surface area contributed by atoms with Crippen LogP contribution in [0.4, 0.5) is 5.82 Å². The molecule has 4 aromatic rings. The molecular weight excluding hydrogens is 388 g/mol. The average Bonchev–Trinajstić information content (AvgIpc) is 3.40. The molecule has 6 rings (SSSR count). The number of aryl methyl sites for hydroxylation is 1. The van der Waals surface area contributed by atoms with Gasteiger partial charge in [-0.1, -0.05) is 36.4 Å². The minimum Gasteiger partial charge on any atom is -0.450 e. The van der Waals surface area contributed by atoms with Gasteiger partial charge in [0.1, 0.15) is 17.4 Å². The number of aromatic nitrogens is 2. The van der Waals surface area contributed by atoms with Gasteiger partial charge in [0.2, 0.25) is 5.91 Å². The fourth-order valence-corrected chi connectivity index (χ4v) is 5.12. The van der Waals surface area contributed by atoms with Crippen molar-refractivity contribution in [2.75, 3.05) is 18.0 Å². The number of fused-ring (bicyclic) bond motifs is 4. The fourth-order valence-electron chi connectivity index (χ4n) is 5.12. The number of piperidine rings is 1. The summed E-state index contributed by atoms with van der Waals surface area (Å²) < 4.78 is 6.11. The Labute approximate surface area is 180 Å². The molecule has 0 radical (unpaired) electrons. The summed E-state index contributed by atoms with van der Waals surface area (Å²) in [4.78, 5) is 24.3. The minimum atomic E-state index is -0.0593. The van der Waals surface area contributed by atoms with Gasteiger partial charge in [-0.3, -0.25) is 4.79 Å². The molecular formula is C25H24N4O2. The number of rotatable bonds is 3. The second kappa shape index (κ2) is 7.38. The molecule has 1 saturated heterocycles. The summed E-state index contributed by atoms with van der Waals surface area (Å²) in [6, 6.07) is 16.5. The molecule has 0 bridgehead atoms. The van der Waals surface area contributed by atoms with Crippen molar-refractivity contribution in [3.8, 4) is 0 Å². The first kappa shape index (κ1) is 18.4. The molecule has 0 unspecified atom stereocenters. The van der Waals surface area contributed by atoms with Gasteiger partial charge in [0, 0.05) is 18.5 Å². The zero-order valence-corrected chi connectivity index (χ0v) is 17.3. The predicted octanol–water partition coefficient (Wildman–Crippen LogP) is 4.40. The number of nitrogens with one attached hydrogen (secondary N) is 1. The number of benzene rings is 2. The van der Waals surface area contributed by atoms with Gasteiger partial charge in [-0.2, -0.15) is 0 Å². The summed E-state index contributed by atoms with van der Waals surface area (Å²) in [5.74, 6) is 0.863. The molecule has 2 atom stereocenters. The fraction of sp³-hybridized carbons (Fsp3) is 0.320. The Morgan fingerprint density at radius 2 is 1.94 bits per heavy atom. The first-order chi connectivity index (χ1) is 15.3. The second-order valence-corrected chi connectivity index (χ2v) is 8.56. The highest BCUT2D eigenvalue weighted by Crippen LogP contribution is 2.35. The zero-order chi connectivity index (χ0) is 20.8. The van der Waals surface area contributed by atoms with E-state index >= 15 is 0 Å². The third-order valence-electron chi connectivity index (χ3n) is 6.68. The Morgan fingerprint density at radius 3 is 2.90 bits per heavy atom.